The molecule has 11 heteroatoms. The molecule has 2 aromatic rings. The molecule has 0 bridgehead atoms. The first-order chi connectivity index (χ1) is 18.2. The summed E-state index contributed by atoms with van der Waals surface area (Å²) in [7, 11) is -7.50. The van der Waals surface area contributed by atoms with Crippen molar-refractivity contribution in [1.82, 2.24) is 13.9 Å². The topological polar surface area (TPSA) is 113 Å². The summed E-state index contributed by atoms with van der Waals surface area (Å²) < 4.78 is 59.8. The molecule has 1 N–H and O–H groups in total. The largest absolute Gasteiger partial charge is 0.380 e. The number of rotatable bonds is 10. The first-order valence-electron chi connectivity index (χ1n) is 12.9. The summed E-state index contributed by atoms with van der Waals surface area (Å²) in [5.74, 6) is -0.454. The van der Waals surface area contributed by atoms with Crippen LogP contribution in [0.25, 0.3) is 0 Å². The van der Waals surface area contributed by atoms with Crippen LogP contribution >= 0.6 is 0 Å². The van der Waals surface area contributed by atoms with Gasteiger partial charge in [0.2, 0.25) is 26.0 Å². The van der Waals surface area contributed by atoms with Gasteiger partial charge in [0.05, 0.1) is 17.4 Å². The summed E-state index contributed by atoms with van der Waals surface area (Å²) in [5, 5.41) is 0.811. The number of nitrogens with zero attached hydrogens (tertiary/aromatic N) is 2. The fraction of sp³-hybridized carbons (Fsp3) is 0.444. The molecule has 1 amide bonds. The van der Waals surface area contributed by atoms with Crippen molar-refractivity contribution in [3.05, 3.63) is 77.7 Å². The van der Waals surface area contributed by atoms with Crippen molar-refractivity contribution in [2.75, 3.05) is 39.4 Å². The van der Waals surface area contributed by atoms with Crippen LogP contribution in [0.1, 0.15) is 36.3 Å². The number of hydrogen-bond donors (Lipinski definition) is 1. The van der Waals surface area contributed by atoms with E-state index >= 15 is 0 Å². The quantitative estimate of drug-likeness (QED) is 0.477. The van der Waals surface area contributed by atoms with Crippen molar-refractivity contribution in [2.45, 2.75) is 42.5 Å². The van der Waals surface area contributed by atoms with Crippen LogP contribution in [0.15, 0.2) is 71.5 Å². The van der Waals surface area contributed by atoms with Gasteiger partial charge in [0, 0.05) is 44.2 Å². The molecule has 0 spiro atoms. The molecular weight excluding hydrogens is 526 g/mol. The summed E-state index contributed by atoms with van der Waals surface area (Å²) in [5.41, 5.74) is 1.77. The van der Waals surface area contributed by atoms with Crippen LogP contribution in [-0.2, 0) is 36.0 Å². The van der Waals surface area contributed by atoms with Crippen molar-refractivity contribution < 1.29 is 26.4 Å². The van der Waals surface area contributed by atoms with Gasteiger partial charge in [-0.3, -0.25) is 4.79 Å². The van der Waals surface area contributed by atoms with Crippen LogP contribution in [0.3, 0.4) is 0 Å². The summed E-state index contributed by atoms with van der Waals surface area (Å²) in [6.45, 7) is 5.86. The Morgan fingerprint density at radius 1 is 1.00 bits per heavy atom. The van der Waals surface area contributed by atoms with Crippen LogP contribution < -0.4 is 4.72 Å². The number of sulfonamides is 2. The molecule has 2 aliphatic heterocycles. The van der Waals surface area contributed by atoms with E-state index in [1.807, 2.05) is 35.2 Å². The Hall–Kier alpha value is -2.57. The van der Waals surface area contributed by atoms with Gasteiger partial charge in [-0.05, 0) is 48.9 Å². The van der Waals surface area contributed by atoms with E-state index in [9.17, 15) is 21.6 Å². The Bertz CT molecular complexity index is 1310. The highest BCUT2D eigenvalue weighted by atomic mass is 32.2. The lowest BCUT2D eigenvalue weighted by molar-refractivity contribution is -0.132. The lowest BCUT2D eigenvalue weighted by Gasteiger charge is -2.27. The van der Waals surface area contributed by atoms with Gasteiger partial charge in [-0.25, -0.2) is 21.6 Å². The van der Waals surface area contributed by atoms with Gasteiger partial charge >= 0.3 is 0 Å². The average Bonchev–Trinajstić information content (AvgIpc) is 3.25. The monoisotopic (exact) mass is 561 g/mol. The van der Waals surface area contributed by atoms with E-state index in [4.69, 9.17) is 4.74 Å². The standard InChI is InChI=1S/C27H35N3O6S2/c1-2-37(32,33)28-21-24-10-6-16-30(24)38(34,35)25-13-11-23(12-14-25)26(20-22-8-4-3-5-9-22)27(31)29-15-7-18-36-19-17-29/h2-5,8-9,11-14,24,26,28H,1,6-7,10,15-21H2. The van der Waals surface area contributed by atoms with E-state index in [1.54, 1.807) is 24.3 Å². The molecular formula is C27H35N3O6S2. The Balaban J connectivity index is 1.56. The summed E-state index contributed by atoms with van der Waals surface area (Å²) in [6.07, 6.45) is 2.48. The second kappa shape index (κ2) is 12.5. The predicted molar refractivity (Wildman–Crippen MR) is 145 cm³/mol. The highest BCUT2D eigenvalue weighted by Gasteiger charge is 2.36. The van der Waals surface area contributed by atoms with Gasteiger partial charge in [-0.2, -0.15) is 4.31 Å². The van der Waals surface area contributed by atoms with Crippen LogP contribution in [0.4, 0.5) is 0 Å². The van der Waals surface area contributed by atoms with E-state index in [-0.39, 0.29) is 17.3 Å². The molecule has 0 radical (unpaired) electrons. The molecule has 4 rings (SSSR count). The van der Waals surface area contributed by atoms with Crippen LogP contribution in [0.5, 0.6) is 0 Å². The Morgan fingerprint density at radius 2 is 1.74 bits per heavy atom. The second-order valence-electron chi connectivity index (χ2n) is 9.57. The Morgan fingerprint density at radius 3 is 2.45 bits per heavy atom. The Kier molecular flexibility index (Phi) is 9.37. The van der Waals surface area contributed by atoms with Gasteiger partial charge in [0.15, 0.2) is 0 Å². The third-order valence-corrected chi connectivity index (χ3v) is 10.0. The molecule has 2 heterocycles. The molecule has 2 aromatic carbocycles. The molecule has 9 nitrogen and oxygen atoms in total. The second-order valence-corrected chi connectivity index (χ2v) is 13.2. The molecule has 2 fully saturated rings. The number of nitrogens with one attached hydrogen (secondary N) is 1. The number of ether oxygens (including phenoxy) is 1. The van der Waals surface area contributed by atoms with Gasteiger partial charge < -0.3 is 9.64 Å². The third kappa shape index (κ3) is 6.89. The molecule has 38 heavy (non-hydrogen) atoms. The van der Waals surface area contributed by atoms with Gasteiger partial charge in [0.1, 0.15) is 0 Å². The zero-order valence-electron chi connectivity index (χ0n) is 21.4. The maximum atomic E-state index is 13.6. The molecule has 0 saturated carbocycles. The first-order valence-corrected chi connectivity index (χ1v) is 15.8. The fourth-order valence-corrected chi connectivity index (χ4v) is 7.23. The van der Waals surface area contributed by atoms with E-state index in [0.29, 0.717) is 52.1 Å². The Labute approximate surface area is 225 Å². The SMILES string of the molecule is C=CS(=O)(=O)NCC1CCCN1S(=O)(=O)c1ccc(C(Cc2ccccc2)C(=O)N2CCCOCC2)cc1. The van der Waals surface area contributed by atoms with Gasteiger partial charge in [-0.1, -0.05) is 49.0 Å². The molecule has 2 saturated heterocycles. The fourth-order valence-electron chi connectivity index (χ4n) is 4.99. The van der Waals surface area contributed by atoms with E-state index < -0.39 is 32.0 Å². The van der Waals surface area contributed by atoms with E-state index in [1.165, 1.54) is 4.31 Å². The van der Waals surface area contributed by atoms with Crippen LogP contribution in [0.2, 0.25) is 0 Å². The normalized spacial score (nSPS) is 20.1. The average molecular weight is 562 g/mol. The number of amides is 1. The number of carbonyl (C=O) groups is 1. The van der Waals surface area contributed by atoms with Crippen molar-refractivity contribution in [1.29, 1.82) is 0 Å². The maximum Gasteiger partial charge on any atom is 0.243 e. The van der Waals surface area contributed by atoms with Crippen molar-refractivity contribution in [3.63, 3.8) is 0 Å². The minimum Gasteiger partial charge on any atom is -0.380 e. The van der Waals surface area contributed by atoms with Crippen LogP contribution in [0, 0.1) is 0 Å². The van der Waals surface area contributed by atoms with Crippen LogP contribution in [-0.4, -0.2) is 77.4 Å². The van der Waals surface area contributed by atoms with Crippen molar-refractivity contribution >= 4 is 26.0 Å². The lowest BCUT2D eigenvalue weighted by Crippen LogP contribution is -2.42. The number of hydrogen-bond acceptors (Lipinski definition) is 6. The summed E-state index contributed by atoms with van der Waals surface area (Å²) in [4.78, 5) is 15.6. The number of carbonyl (C=O) groups excluding carboxylic acids is 1. The smallest absolute Gasteiger partial charge is 0.243 e. The maximum absolute atomic E-state index is 13.6. The zero-order chi connectivity index (χ0) is 27.2. The molecule has 2 aliphatic rings. The van der Waals surface area contributed by atoms with E-state index in [2.05, 4.69) is 11.3 Å². The molecule has 0 aliphatic carbocycles. The van der Waals surface area contributed by atoms with Gasteiger partial charge in [0.25, 0.3) is 0 Å². The molecule has 0 aromatic heterocycles. The lowest BCUT2D eigenvalue weighted by atomic mass is 9.90. The first kappa shape index (κ1) is 28.4. The highest BCUT2D eigenvalue weighted by Crippen LogP contribution is 2.29. The molecule has 2 atom stereocenters. The van der Waals surface area contributed by atoms with E-state index in [0.717, 1.165) is 23.0 Å². The highest BCUT2D eigenvalue weighted by molar-refractivity contribution is 7.92. The van der Waals surface area contributed by atoms with Crippen molar-refractivity contribution in [2.24, 2.45) is 0 Å². The molecule has 206 valence electrons. The summed E-state index contributed by atoms with van der Waals surface area (Å²) >= 11 is 0. The predicted octanol–water partition coefficient (Wildman–Crippen LogP) is 2.48. The van der Waals surface area contributed by atoms with Gasteiger partial charge in [-0.15, -0.1) is 0 Å². The number of benzene rings is 2. The minimum atomic E-state index is -3.85. The van der Waals surface area contributed by atoms with Crippen molar-refractivity contribution in [3.8, 4) is 0 Å². The third-order valence-electron chi connectivity index (χ3n) is 7.07. The molecule has 2 unspecified atom stereocenters. The summed E-state index contributed by atoms with van der Waals surface area (Å²) in [6, 6.07) is 15.8. The minimum absolute atomic E-state index is 0.00377. The zero-order valence-corrected chi connectivity index (χ0v) is 23.0.